The number of hydrogen-bond acceptors (Lipinski definition) is 3. The predicted molar refractivity (Wildman–Crippen MR) is 69.2 cm³/mol. The number of unbranched alkanes of at least 4 members (excludes halogenated alkanes) is 1. The zero-order valence-corrected chi connectivity index (χ0v) is 11.5. The Kier molecular flexibility index (Phi) is 5.59. The Morgan fingerprint density at radius 1 is 1.44 bits per heavy atom. The fourth-order valence-electron chi connectivity index (χ4n) is 2.34. The van der Waals surface area contributed by atoms with Crippen LogP contribution in [-0.4, -0.2) is 47.6 Å². The van der Waals surface area contributed by atoms with Crippen LogP contribution in [-0.2, 0) is 9.59 Å². The van der Waals surface area contributed by atoms with Crippen LogP contribution in [0, 0.1) is 11.8 Å². The number of amides is 1. The van der Waals surface area contributed by atoms with Gasteiger partial charge in [-0.3, -0.25) is 14.5 Å². The van der Waals surface area contributed by atoms with Crippen molar-refractivity contribution >= 4 is 11.9 Å². The number of hydrogen-bond donors (Lipinski definition) is 2. The molecule has 3 unspecified atom stereocenters. The maximum Gasteiger partial charge on any atom is 0.308 e. The molecule has 18 heavy (non-hydrogen) atoms. The highest BCUT2D eigenvalue weighted by Crippen LogP contribution is 2.24. The number of rotatable bonds is 6. The number of carboxylic acid groups (broad SMARTS) is 1. The van der Waals surface area contributed by atoms with Gasteiger partial charge in [0, 0.05) is 19.6 Å². The number of carbonyl (C=O) groups excluding carboxylic acids is 1. The van der Waals surface area contributed by atoms with Gasteiger partial charge in [0.25, 0.3) is 0 Å². The fourth-order valence-corrected chi connectivity index (χ4v) is 2.34. The quantitative estimate of drug-likeness (QED) is 0.694. The van der Waals surface area contributed by atoms with Crippen LogP contribution >= 0.6 is 0 Å². The Morgan fingerprint density at radius 3 is 2.61 bits per heavy atom. The highest BCUT2D eigenvalue weighted by molar-refractivity contribution is 5.81. The van der Waals surface area contributed by atoms with Crippen molar-refractivity contribution in [2.24, 2.45) is 11.8 Å². The fraction of sp³-hybridized carbons (Fsp3) is 0.846. The lowest BCUT2D eigenvalue weighted by Gasteiger charge is -2.23. The van der Waals surface area contributed by atoms with Crippen molar-refractivity contribution in [1.82, 2.24) is 10.2 Å². The molecular weight excluding hydrogens is 232 g/mol. The van der Waals surface area contributed by atoms with Crippen LogP contribution in [0.15, 0.2) is 0 Å². The first-order valence-corrected chi connectivity index (χ1v) is 6.72. The van der Waals surface area contributed by atoms with Crippen LogP contribution < -0.4 is 5.32 Å². The molecule has 1 fully saturated rings. The van der Waals surface area contributed by atoms with Gasteiger partial charge in [-0.2, -0.15) is 0 Å². The number of nitrogens with one attached hydrogen (secondary N) is 1. The lowest BCUT2D eigenvalue weighted by molar-refractivity contribution is -0.142. The van der Waals surface area contributed by atoms with Gasteiger partial charge in [0.2, 0.25) is 5.91 Å². The molecule has 0 bridgehead atoms. The van der Waals surface area contributed by atoms with Crippen molar-refractivity contribution in [2.45, 2.75) is 39.7 Å². The van der Waals surface area contributed by atoms with Gasteiger partial charge in [-0.1, -0.05) is 20.3 Å². The van der Waals surface area contributed by atoms with Crippen molar-refractivity contribution in [1.29, 1.82) is 0 Å². The van der Waals surface area contributed by atoms with Gasteiger partial charge in [-0.15, -0.1) is 0 Å². The monoisotopic (exact) mass is 256 g/mol. The SMILES string of the molecule is CCCCNC(=O)C(C)N1CC(C)C(C(=O)O)C1. The lowest BCUT2D eigenvalue weighted by Crippen LogP contribution is -2.44. The number of nitrogens with zero attached hydrogens (tertiary/aromatic N) is 1. The van der Waals surface area contributed by atoms with Gasteiger partial charge in [-0.25, -0.2) is 0 Å². The zero-order chi connectivity index (χ0) is 13.7. The first kappa shape index (κ1) is 15.0. The van der Waals surface area contributed by atoms with Gasteiger partial charge in [0.05, 0.1) is 12.0 Å². The minimum Gasteiger partial charge on any atom is -0.481 e. The summed E-state index contributed by atoms with van der Waals surface area (Å²) in [4.78, 5) is 24.9. The third kappa shape index (κ3) is 3.70. The zero-order valence-electron chi connectivity index (χ0n) is 11.5. The van der Waals surface area contributed by atoms with E-state index in [2.05, 4.69) is 12.2 Å². The van der Waals surface area contributed by atoms with E-state index in [4.69, 9.17) is 5.11 Å². The summed E-state index contributed by atoms with van der Waals surface area (Å²) in [5, 5.41) is 12.0. The van der Waals surface area contributed by atoms with Crippen molar-refractivity contribution < 1.29 is 14.7 Å². The second-order valence-corrected chi connectivity index (χ2v) is 5.20. The summed E-state index contributed by atoms with van der Waals surface area (Å²) in [5.41, 5.74) is 0. The lowest BCUT2D eigenvalue weighted by atomic mass is 9.99. The highest BCUT2D eigenvalue weighted by Gasteiger charge is 2.38. The summed E-state index contributed by atoms with van der Waals surface area (Å²) in [5.74, 6) is -1.01. The predicted octanol–water partition coefficient (Wildman–Crippen LogP) is 0.944. The van der Waals surface area contributed by atoms with Crippen molar-refractivity contribution in [3.05, 3.63) is 0 Å². The average Bonchev–Trinajstić information content (AvgIpc) is 2.70. The average molecular weight is 256 g/mol. The van der Waals surface area contributed by atoms with E-state index in [1.165, 1.54) is 0 Å². The molecule has 1 heterocycles. The molecule has 0 aromatic carbocycles. The topological polar surface area (TPSA) is 69.6 Å². The molecule has 0 aromatic rings. The van der Waals surface area contributed by atoms with Crippen LogP contribution in [0.5, 0.6) is 0 Å². The minimum absolute atomic E-state index is 0.00156. The van der Waals surface area contributed by atoms with E-state index in [0.717, 1.165) is 12.8 Å². The summed E-state index contributed by atoms with van der Waals surface area (Å²) in [6.07, 6.45) is 2.03. The highest BCUT2D eigenvalue weighted by atomic mass is 16.4. The Morgan fingerprint density at radius 2 is 2.11 bits per heavy atom. The summed E-state index contributed by atoms with van der Waals surface area (Å²) in [6.45, 7) is 7.71. The van der Waals surface area contributed by atoms with Gasteiger partial charge in [0.1, 0.15) is 0 Å². The molecule has 0 spiro atoms. The third-order valence-corrected chi connectivity index (χ3v) is 3.71. The number of aliphatic carboxylic acids is 1. The van der Waals surface area contributed by atoms with Crippen LogP contribution in [0.1, 0.15) is 33.6 Å². The van der Waals surface area contributed by atoms with E-state index < -0.39 is 5.97 Å². The van der Waals surface area contributed by atoms with Gasteiger partial charge in [0.15, 0.2) is 0 Å². The molecule has 3 atom stereocenters. The molecule has 104 valence electrons. The van der Waals surface area contributed by atoms with Crippen LogP contribution in [0.2, 0.25) is 0 Å². The van der Waals surface area contributed by atoms with Crippen molar-refractivity contribution in [3.8, 4) is 0 Å². The van der Waals surface area contributed by atoms with E-state index in [1.54, 1.807) is 0 Å². The van der Waals surface area contributed by atoms with Crippen molar-refractivity contribution in [3.63, 3.8) is 0 Å². The van der Waals surface area contributed by atoms with Crippen LogP contribution in [0.25, 0.3) is 0 Å². The Hall–Kier alpha value is -1.10. The van der Waals surface area contributed by atoms with Crippen molar-refractivity contribution in [2.75, 3.05) is 19.6 Å². The second kappa shape index (κ2) is 6.73. The summed E-state index contributed by atoms with van der Waals surface area (Å²) in [6, 6.07) is -0.242. The normalized spacial score (nSPS) is 25.9. The second-order valence-electron chi connectivity index (χ2n) is 5.20. The van der Waals surface area contributed by atoms with E-state index in [0.29, 0.717) is 19.6 Å². The Balaban J connectivity index is 2.45. The summed E-state index contributed by atoms with van der Waals surface area (Å²) >= 11 is 0. The minimum atomic E-state index is -0.761. The Labute approximate surface area is 109 Å². The van der Waals surface area contributed by atoms with E-state index in [9.17, 15) is 9.59 Å². The van der Waals surface area contributed by atoms with Gasteiger partial charge < -0.3 is 10.4 Å². The van der Waals surface area contributed by atoms with Gasteiger partial charge >= 0.3 is 5.97 Å². The largest absolute Gasteiger partial charge is 0.481 e. The van der Waals surface area contributed by atoms with E-state index in [-0.39, 0.29) is 23.8 Å². The molecule has 5 nitrogen and oxygen atoms in total. The maximum atomic E-state index is 11.9. The molecule has 1 aliphatic heterocycles. The molecule has 1 aliphatic rings. The Bertz CT molecular complexity index is 307. The molecule has 0 radical (unpaired) electrons. The molecule has 1 saturated heterocycles. The standard InChI is InChI=1S/C13H24N2O3/c1-4-5-6-14-12(16)10(3)15-7-9(2)11(8-15)13(17)18/h9-11H,4-8H2,1-3H3,(H,14,16)(H,17,18). The molecule has 2 N–H and O–H groups in total. The van der Waals surface area contributed by atoms with E-state index in [1.807, 2.05) is 18.7 Å². The number of carbonyl (C=O) groups is 2. The molecule has 0 saturated carbocycles. The van der Waals surface area contributed by atoms with Crippen LogP contribution in [0.4, 0.5) is 0 Å². The first-order chi connectivity index (χ1) is 8.47. The molecule has 5 heteroatoms. The number of likely N-dealkylation sites (tertiary alicyclic amines) is 1. The first-order valence-electron chi connectivity index (χ1n) is 6.72. The summed E-state index contributed by atoms with van der Waals surface area (Å²) in [7, 11) is 0. The molecule has 0 aromatic heterocycles. The third-order valence-electron chi connectivity index (χ3n) is 3.71. The number of carboxylic acids is 1. The molecular formula is C13H24N2O3. The maximum absolute atomic E-state index is 11.9. The summed E-state index contributed by atoms with van der Waals surface area (Å²) < 4.78 is 0. The van der Waals surface area contributed by atoms with Crippen LogP contribution in [0.3, 0.4) is 0 Å². The molecule has 1 rings (SSSR count). The smallest absolute Gasteiger partial charge is 0.308 e. The molecule has 0 aliphatic carbocycles. The van der Waals surface area contributed by atoms with Gasteiger partial charge in [-0.05, 0) is 19.3 Å². The van der Waals surface area contributed by atoms with E-state index >= 15 is 0 Å². The molecule has 1 amide bonds.